The van der Waals surface area contributed by atoms with E-state index < -0.39 is 0 Å². The smallest absolute Gasteiger partial charge is 0.0328 e. The summed E-state index contributed by atoms with van der Waals surface area (Å²) in [6.45, 7) is 5.51. The SMILES string of the molecule is CCNC(CC)c1ccccc1SC1CCCCC1. The van der Waals surface area contributed by atoms with E-state index in [2.05, 4.69) is 55.2 Å². The van der Waals surface area contributed by atoms with E-state index in [4.69, 9.17) is 0 Å². The second kappa shape index (κ2) is 7.96. The lowest BCUT2D eigenvalue weighted by molar-refractivity contribution is 0.513. The lowest BCUT2D eigenvalue weighted by Crippen LogP contribution is -2.21. The van der Waals surface area contributed by atoms with Gasteiger partial charge in [0.25, 0.3) is 0 Å². The summed E-state index contributed by atoms with van der Waals surface area (Å²) in [6.07, 6.45) is 8.24. The molecule has 106 valence electrons. The van der Waals surface area contributed by atoms with Crippen LogP contribution in [-0.2, 0) is 0 Å². The zero-order valence-corrected chi connectivity index (χ0v) is 13.1. The molecule has 1 aromatic carbocycles. The van der Waals surface area contributed by atoms with Crippen LogP contribution >= 0.6 is 11.8 Å². The first-order valence-corrected chi connectivity index (χ1v) is 8.72. The molecular weight excluding hydrogens is 250 g/mol. The molecule has 1 atom stereocenters. The monoisotopic (exact) mass is 277 g/mol. The zero-order chi connectivity index (χ0) is 13.5. The van der Waals surface area contributed by atoms with Gasteiger partial charge in [-0.05, 0) is 37.4 Å². The summed E-state index contributed by atoms with van der Waals surface area (Å²) in [5.41, 5.74) is 1.50. The Labute approximate surface area is 122 Å². The molecule has 0 heterocycles. The number of benzene rings is 1. The summed E-state index contributed by atoms with van der Waals surface area (Å²) in [7, 11) is 0. The Morgan fingerprint density at radius 1 is 1.16 bits per heavy atom. The van der Waals surface area contributed by atoms with Crippen LogP contribution < -0.4 is 5.32 Å². The van der Waals surface area contributed by atoms with Crippen LogP contribution in [0.5, 0.6) is 0 Å². The Hall–Kier alpha value is -0.470. The quantitative estimate of drug-likeness (QED) is 0.769. The molecule has 0 radical (unpaired) electrons. The van der Waals surface area contributed by atoms with Crippen molar-refractivity contribution in [2.45, 2.75) is 68.6 Å². The molecule has 1 aliphatic carbocycles. The Kier molecular flexibility index (Phi) is 6.25. The molecule has 2 heteroatoms. The summed E-state index contributed by atoms with van der Waals surface area (Å²) in [6, 6.07) is 9.50. The maximum Gasteiger partial charge on any atom is 0.0328 e. The minimum Gasteiger partial charge on any atom is -0.310 e. The van der Waals surface area contributed by atoms with Gasteiger partial charge in [-0.3, -0.25) is 0 Å². The number of nitrogens with one attached hydrogen (secondary N) is 1. The van der Waals surface area contributed by atoms with Crippen LogP contribution in [0.4, 0.5) is 0 Å². The predicted molar refractivity (Wildman–Crippen MR) is 85.9 cm³/mol. The molecule has 0 spiro atoms. The van der Waals surface area contributed by atoms with E-state index in [1.54, 1.807) is 0 Å². The van der Waals surface area contributed by atoms with E-state index in [0.29, 0.717) is 6.04 Å². The van der Waals surface area contributed by atoms with Crippen LogP contribution in [-0.4, -0.2) is 11.8 Å². The molecule has 2 rings (SSSR count). The first-order valence-electron chi connectivity index (χ1n) is 7.84. The maximum atomic E-state index is 3.61. The molecule has 19 heavy (non-hydrogen) atoms. The molecule has 1 fully saturated rings. The number of rotatable bonds is 6. The number of hydrogen-bond donors (Lipinski definition) is 1. The summed E-state index contributed by atoms with van der Waals surface area (Å²) in [5, 5.41) is 4.45. The van der Waals surface area contributed by atoms with Crippen LogP contribution in [0.25, 0.3) is 0 Å². The fraction of sp³-hybridized carbons (Fsp3) is 0.647. The predicted octanol–water partition coefficient (Wildman–Crippen LogP) is 5.17. The minimum absolute atomic E-state index is 0.511. The topological polar surface area (TPSA) is 12.0 Å². The van der Waals surface area contributed by atoms with Gasteiger partial charge >= 0.3 is 0 Å². The largest absolute Gasteiger partial charge is 0.310 e. The molecule has 0 saturated heterocycles. The second-order valence-corrected chi connectivity index (χ2v) is 6.78. The summed E-state index contributed by atoms with van der Waals surface area (Å²) < 4.78 is 0. The molecule has 1 aromatic rings. The molecule has 0 amide bonds. The molecule has 1 unspecified atom stereocenters. The van der Waals surface area contributed by atoms with Crippen molar-refractivity contribution in [1.29, 1.82) is 0 Å². The van der Waals surface area contributed by atoms with Gasteiger partial charge in [0.15, 0.2) is 0 Å². The Balaban J connectivity index is 2.10. The first-order chi connectivity index (χ1) is 9.35. The average Bonchev–Trinajstić information content (AvgIpc) is 2.47. The highest BCUT2D eigenvalue weighted by atomic mass is 32.2. The summed E-state index contributed by atoms with van der Waals surface area (Å²) >= 11 is 2.12. The van der Waals surface area contributed by atoms with E-state index in [1.807, 2.05) is 0 Å². The van der Waals surface area contributed by atoms with Crippen molar-refractivity contribution in [2.24, 2.45) is 0 Å². The second-order valence-electron chi connectivity index (χ2n) is 5.43. The molecule has 0 aliphatic heterocycles. The molecule has 1 N–H and O–H groups in total. The lowest BCUT2D eigenvalue weighted by atomic mass is 10.0. The van der Waals surface area contributed by atoms with Crippen molar-refractivity contribution in [1.82, 2.24) is 5.32 Å². The van der Waals surface area contributed by atoms with Gasteiger partial charge in [-0.1, -0.05) is 51.3 Å². The van der Waals surface area contributed by atoms with Gasteiger partial charge in [0, 0.05) is 16.2 Å². The number of thioether (sulfide) groups is 1. The van der Waals surface area contributed by atoms with Crippen LogP contribution in [0.2, 0.25) is 0 Å². The van der Waals surface area contributed by atoms with Crippen molar-refractivity contribution in [3.05, 3.63) is 29.8 Å². The van der Waals surface area contributed by atoms with Gasteiger partial charge in [-0.25, -0.2) is 0 Å². The Morgan fingerprint density at radius 2 is 1.89 bits per heavy atom. The Morgan fingerprint density at radius 3 is 2.58 bits per heavy atom. The standard InChI is InChI=1S/C17H27NS/c1-3-16(18-4-2)15-12-8-9-13-17(15)19-14-10-6-5-7-11-14/h8-9,12-14,16,18H,3-7,10-11H2,1-2H3. The minimum atomic E-state index is 0.511. The van der Waals surface area contributed by atoms with E-state index in [9.17, 15) is 0 Å². The van der Waals surface area contributed by atoms with Crippen LogP contribution in [0.15, 0.2) is 29.2 Å². The van der Waals surface area contributed by atoms with E-state index in [-0.39, 0.29) is 0 Å². The summed E-state index contributed by atoms with van der Waals surface area (Å²) in [5.74, 6) is 0. The van der Waals surface area contributed by atoms with Gasteiger partial charge in [0.05, 0.1) is 0 Å². The first kappa shape index (κ1) is 14.9. The average molecular weight is 277 g/mol. The highest BCUT2D eigenvalue weighted by molar-refractivity contribution is 8.00. The third kappa shape index (κ3) is 4.25. The Bertz CT molecular complexity index is 371. The zero-order valence-electron chi connectivity index (χ0n) is 12.3. The van der Waals surface area contributed by atoms with Crippen molar-refractivity contribution >= 4 is 11.8 Å². The molecule has 0 bridgehead atoms. The normalized spacial score (nSPS) is 18.4. The third-order valence-electron chi connectivity index (χ3n) is 4.00. The fourth-order valence-corrected chi connectivity index (χ4v) is 4.39. The lowest BCUT2D eigenvalue weighted by Gasteiger charge is -2.24. The fourth-order valence-electron chi connectivity index (χ4n) is 2.96. The van der Waals surface area contributed by atoms with Crippen LogP contribution in [0.3, 0.4) is 0 Å². The molecule has 1 aliphatic rings. The van der Waals surface area contributed by atoms with E-state index >= 15 is 0 Å². The number of hydrogen-bond acceptors (Lipinski definition) is 2. The van der Waals surface area contributed by atoms with Gasteiger partial charge in [0.1, 0.15) is 0 Å². The molecular formula is C17H27NS. The van der Waals surface area contributed by atoms with Gasteiger partial charge in [-0.2, -0.15) is 0 Å². The molecule has 0 aromatic heterocycles. The van der Waals surface area contributed by atoms with Gasteiger partial charge in [-0.15, -0.1) is 11.8 Å². The van der Waals surface area contributed by atoms with Crippen LogP contribution in [0, 0.1) is 0 Å². The van der Waals surface area contributed by atoms with Crippen molar-refractivity contribution in [3.8, 4) is 0 Å². The van der Waals surface area contributed by atoms with E-state index in [0.717, 1.165) is 18.2 Å². The van der Waals surface area contributed by atoms with Crippen molar-refractivity contribution in [3.63, 3.8) is 0 Å². The highest BCUT2D eigenvalue weighted by Crippen LogP contribution is 2.37. The highest BCUT2D eigenvalue weighted by Gasteiger charge is 2.18. The molecule has 1 nitrogen and oxygen atoms in total. The van der Waals surface area contributed by atoms with Crippen molar-refractivity contribution < 1.29 is 0 Å². The van der Waals surface area contributed by atoms with Gasteiger partial charge in [0.2, 0.25) is 0 Å². The maximum absolute atomic E-state index is 3.61. The van der Waals surface area contributed by atoms with E-state index in [1.165, 1.54) is 42.6 Å². The van der Waals surface area contributed by atoms with Crippen molar-refractivity contribution in [2.75, 3.05) is 6.54 Å². The van der Waals surface area contributed by atoms with Crippen LogP contribution in [0.1, 0.15) is 64.0 Å². The van der Waals surface area contributed by atoms with Gasteiger partial charge < -0.3 is 5.32 Å². The summed E-state index contributed by atoms with van der Waals surface area (Å²) in [4.78, 5) is 1.50. The molecule has 1 saturated carbocycles. The third-order valence-corrected chi connectivity index (χ3v) is 5.43.